The highest BCUT2D eigenvalue weighted by molar-refractivity contribution is 4.77. The molecule has 1 aliphatic heterocycles. The highest BCUT2D eigenvalue weighted by atomic mass is 16.3. The number of likely N-dealkylation sites (tertiary alicyclic amines) is 1. The Morgan fingerprint density at radius 1 is 1.78 bits per heavy atom. The first-order chi connectivity index (χ1) is 4.33. The molecule has 2 nitrogen and oxygen atoms in total. The van der Waals surface area contributed by atoms with Crippen molar-refractivity contribution in [1.29, 1.82) is 0 Å². The molecular formula is C7H14NO. The Balaban J connectivity index is 2.14. The smallest absolute Gasteiger partial charge is 0.0679 e. The van der Waals surface area contributed by atoms with Gasteiger partial charge in [-0.25, -0.2) is 0 Å². The van der Waals surface area contributed by atoms with Crippen LogP contribution in [0.15, 0.2) is 0 Å². The van der Waals surface area contributed by atoms with Crippen LogP contribution >= 0.6 is 0 Å². The molecule has 0 spiro atoms. The van der Waals surface area contributed by atoms with E-state index in [9.17, 15) is 0 Å². The van der Waals surface area contributed by atoms with Gasteiger partial charge in [-0.15, -0.1) is 0 Å². The van der Waals surface area contributed by atoms with Crippen molar-refractivity contribution < 1.29 is 5.11 Å². The van der Waals surface area contributed by atoms with Gasteiger partial charge in [0.2, 0.25) is 0 Å². The van der Waals surface area contributed by atoms with Crippen LogP contribution in [0.5, 0.6) is 0 Å². The molecule has 1 saturated heterocycles. The minimum atomic E-state index is -0.0649. The molecule has 9 heavy (non-hydrogen) atoms. The van der Waals surface area contributed by atoms with Crippen LogP contribution in [0.4, 0.5) is 0 Å². The van der Waals surface area contributed by atoms with E-state index in [2.05, 4.69) is 11.3 Å². The summed E-state index contributed by atoms with van der Waals surface area (Å²) in [5.74, 6) is 0. The molecule has 0 bridgehead atoms. The molecule has 53 valence electrons. The summed E-state index contributed by atoms with van der Waals surface area (Å²) in [6.07, 6.45) is 3.01. The summed E-state index contributed by atoms with van der Waals surface area (Å²) in [4.78, 5) is 2.25. The molecule has 2 heteroatoms. The SMILES string of the molecule is C[CH]CN1CC[C@H](O)C1. The number of β-amino-alcohol motifs (C(OH)–C–C–N with tert-alkyl or cyclic N) is 1. The monoisotopic (exact) mass is 128 g/mol. The minimum absolute atomic E-state index is 0.0649. The summed E-state index contributed by atoms with van der Waals surface area (Å²) in [6, 6.07) is 0. The van der Waals surface area contributed by atoms with Crippen LogP contribution in [-0.4, -0.2) is 35.7 Å². The molecule has 0 unspecified atom stereocenters. The lowest BCUT2D eigenvalue weighted by molar-refractivity contribution is 0.179. The van der Waals surface area contributed by atoms with Gasteiger partial charge in [0.1, 0.15) is 0 Å². The standard InChI is InChI=1S/C7H14NO/c1-2-4-8-5-3-7(9)6-8/h2,7,9H,3-6H2,1H3/t7-/m0/s1. The first kappa shape index (κ1) is 7.03. The van der Waals surface area contributed by atoms with Crippen LogP contribution in [0.2, 0.25) is 0 Å². The Kier molecular flexibility index (Phi) is 2.49. The van der Waals surface area contributed by atoms with E-state index in [1.807, 2.05) is 6.92 Å². The Morgan fingerprint density at radius 3 is 3.00 bits per heavy atom. The van der Waals surface area contributed by atoms with Gasteiger partial charge in [-0.05, 0) is 12.8 Å². The van der Waals surface area contributed by atoms with E-state index >= 15 is 0 Å². The number of rotatable bonds is 2. The molecule has 0 aromatic rings. The summed E-state index contributed by atoms with van der Waals surface area (Å²) >= 11 is 0. The highest BCUT2D eigenvalue weighted by Crippen LogP contribution is 2.07. The normalized spacial score (nSPS) is 29.3. The van der Waals surface area contributed by atoms with Gasteiger partial charge in [0, 0.05) is 19.6 Å². The lowest BCUT2D eigenvalue weighted by atomic mass is 10.3. The van der Waals surface area contributed by atoms with E-state index in [1.165, 1.54) is 0 Å². The average molecular weight is 128 g/mol. The van der Waals surface area contributed by atoms with E-state index < -0.39 is 0 Å². The summed E-state index contributed by atoms with van der Waals surface area (Å²) in [5, 5.41) is 9.07. The van der Waals surface area contributed by atoms with Crippen molar-refractivity contribution in [3.8, 4) is 0 Å². The van der Waals surface area contributed by atoms with Crippen LogP contribution in [0, 0.1) is 6.42 Å². The maximum atomic E-state index is 9.07. The second-order valence-electron chi connectivity index (χ2n) is 2.61. The van der Waals surface area contributed by atoms with Crippen LogP contribution < -0.4 is 0 Å². The third-order valence-electron chi connectivity index (χ3n) is 1.69. The molecule has 1 radical (unpaired) electrons. The lowest BCUT2D eigenvalue weighted by Gasteiger charge is -2.11. The lowest BCUT2D eigenvalue weighted by Crippen LogP contribution is -2.22. The van der Waals surface area contributed by atoms with Crippen molar-refractivity contribution >= 4 is 0 Å². The molecule has 0 aromatic carbocycles. The van der Waals surface area contributed by atoms with Crippen LogP contribution in [0.1, 0.15) is 13.3 Å². The van der Waals surface area contributed by atoms with Gasteiger partial charge in [0.15, 0.2) is 0 Å². The van der Waals surface area contributed by atoms with E-state index in [1.54, 1.807) is 0 Å². The number of nitrogens with zero attached hydrogens (tertiary/aromatic N) is 1. The largest absolute Gasteiger partial charge is 0.392 e. The molecule has 0 amide bonds. The number of aliphatic hydroxyl groups excluding tert-OH is 1. The van der Waals surface area contributed by atoms with Gasteiger partial charge in [0.05, 0.1) is 6.10 Å². The van der Waals surface area contributed by atoms with E-state index in [4.69, 9.17) is 5.11 Å². The fraction of sp³-hybridized carbons (Fsp3) is 0.857. The molecule has 1 fully saturated rings. The maximum absolute atomic E-state index is 9.07. The second kappa shape index (κ2) is 3.18. The summed E-state index contributed by atoms with van der Waals surface area (Å²) < 4.78 is 0. The number of hydrogen-bond acceptors (Lipinski definition) is 2. The zero-order chi connectivity index (χ0) is 6.69. The topological polar surface area (TPSA) is 23.5 Å². The first-order valence-electron chi connectivity index (χ1n) is 3.51. The molecule has 1 heterocycles. The van der Waals surface area contributed by atoms with Crippen molar-refractivity contribution in [3.05, 3.63) is 6.42 Å². The summed E-state index contributed by atoms with van der Waals surface area (Å²) in [5.41, 5.74) is 0. The molecule has 1 aliphatic rings. The van der Waals surface area contributed by atoms with Gasteiger partial charge < -0.3 is 10.0 Å². The number of hydrogen-bond donors (Lipinski definition) is 1. The Hall–Kier alpha value is -0.0800. The second-order valence-corrected chi connectivity index (χ2v) is 2.61. The van der Waals surface area contributed by atoms with Crippen molar-refractivity contribution in [1.82, 2.24) is 4.90 Å². The average Bonchev–Trinajstić information content (AvgIpc) is 2.17. The molecule has 0 saturated carbocycles. The van der Waals surface area contributed by atoms with Gasteiger partial charge >= 0.3 is 0 Å². The first-order valence-corrected chi connectivity index (χ1v) is 3.51. The van der Waals surface area contributed by atoms with Gasteiger partial charge in [-0.1, -0.05) is 6.92 Å². The molecule has 1 atom stereocenters. The van der Waals surface area contributed by atoms with Gasteiger partial charge in [0.25, 0.3) is 0 Å². The van der Waals surface area contributed by atoms with Gasteiger partial charge in [-0.2, -0.15) is 0 Å². The fourth-order valence-corrected chi connectivity index (χ4v) is 1.24. The maximum Gasteiger partial charge on any atom is 0.0679 e. The van der Waals surface area contributed by atoms with Crippen LogP contribution in [0.3, 0.4) is 0 Å². The molecule has 1 rings (SSSR count). The summed E-state index contributed by atoms with van der Waals surface area (Å²) in [6.45, 7) is 5.00. The van der Waals surface area contributed by atoms with Crippen LogP contribution in [-0.2, 0) is 0 Å². The van der Waals surface area contributed by atoms with Crippen molar-refractivity contribution in [2.24, 2.45) is 0 Å². The summed E-state index contributed by atoms with van der Waals surface area (Å²) in [7, 11) is 0. The Morgan fingerprint density at radius 2 is 2.56 bits per heavy atom. The molecule has 0 aliphatic carbocycles. The fourth-order valence-electron chi connectivity index (χ4n) is 1.24. The minimum Gasteiger partial charge on any atom is -0.392 e. The quantitative estimate of drug-likeness (QED) is 0.577. The van der Waals surface area contributed by atoms with Crippen molar-refractivity contribution in [2.45, 2.75) is 19.4 Å². The number of aliphatic hydroxyl groups is 1. The predicted octanol–water partition coefficient (Wildman–Crippen LogP) is 0.277. The third-order valence-corrected chi connectivity index (χ3v) is 1.69. The van der Waals surface area contributed by atoms with Crippen LogP contribution in [0.25, 0.3) is 0 Å². The molecule has 1 N–H and O–H groups in total. The van der Waals surface area contributed by atoms with Crippen molar-refractivity contribution in [3.63, 3.8) is 0 Å². The Labute approximate surface area is 56.5 Å². The molecule has 0 aromatic heterocycles. The predicted molar refractivity (Wildman–Crippen MR) is 37.0 cm³/mol. The van der Waals surface area contributed by atoms with Crippen molar-refractivity contribution in [2.75, 3.05) is 19.6 Å². The van der Waals surface area contributed by atoms with E-state index in [0.29, 0.717) is 0 Å². The van der Waals surface area contributed by atoms with Gasteiger partial charge in [-0.3, -0.25) is 0 Å². The zero-order valence-electron chi connectivity index (χ0n) is 5.88. The third kappa shape index (κ3) is 1.95. The highest BCUT2D eigenvalue weighted by Gasteiger charge is 2.18. The zero-order valence-corrected chi connectivity index (χ0v) is 5.88. The molecular weight excluding hydrogens is 114 g/mol. The van der Waals surface area contributed by atoms with E-state index in [0.717, 1.165) is 26.1 Å². The van der Waals surface area contributed by atoms with E-state index in [-0.39, 0.29) is 6.10 Å². The Bertz CT molecular complexity index is 83.0.